The van der Waals surface area contributed by atoms with Crippen molar-refractivity contribution in [3.05, 3.63) is 68.5 Å². The third-order valence-electron chi connectivity index (χ3n) is 3.62. The molecule has 0 radical (unpaired) electrons. The molecule has 4 nitrogen and oxygen atoms in total. The van der Waals surface area contributed by atoms with Crippen LogP contribution in [-0.2, 0) is 14.1 Å². The van der Waals surface area contributed by atoms with Gasteiger partial charge in [0.05, 0.1) is 11.0 Å². The highest BCUT2D eigenvalue weighted by atomic mass is 79.9. The second-order valence-corrected chi connectivity index (χ2v) is 5.86. The standard InChI is InChI=1S/C16H13BrN2O2/c1-18-13-7-6-11(9-14(13)19(2)16(18)21)15(20)10-4-3-5-12(17)8-10/h3-9H,1-2H3. The summed E-state index contributed by atoms with van der Waals surface area (Å²) < 4.78 is 3.98. The Morgan fingerprint density at radius 2 is 1.62 bits per heavy atom. The molecule has 2 aromatic carbocycles. The van der Waals surface area contributed by atoms with Gasteiger partial charge in [0.15, 0.2) is 5.78 Å². The van der Waals surface area contributed by atoms with E-state index in [1.165, 1.54) is 0 Å². The third-order valence-corrected chi connectivity index (χ3v) is 4.11. The molecule has 0 unspecified atom stereocenters. The Bertz CT molecular complexity index is 922. The molecule has 5 heteroatoms. The first kappa shape index (κ1) is 13.8. The van der Waals surface area contributed by atoms with Crippen LogP contribution in [0.1, 0.15) is 15.9 Å². The van der Waals surface area contributed by atoms with Crippen LogP contribution >= 0.6 is 15.9 Å². The van der Waals surface area contributed by atoms with Gasteiger partial charge in [0.2, 0.25) is 0 Å². The van der Waals surface area contributed by atoms with E-state index >= 15 is 0 Å². The number of imidazole rings is 1. The number of carbonyl (C=O) groups is 1. The summed E-state index contributed by atoms with van der Waals surface area (Å²) in [4.78, 5) is 24.4. The van der Waals surface area contributed by atoms with Gasteiger partial charge in [-0.25, -0.2) is 4.79 Å². The summed E-state index contributed by atoms with van der Waals surface area (Å²) in [5.41, 5.74) is 2.65. The van der Waals surface area contributed by atoms with Crippen LogP contribution in [0.25, 0.3) is 11.0 Å². The molecule has 21 heavy (non-hydrogen) atoms. The quantitative estimate of drug-likeness (QED) is 0.671. The largest absolute Gasteiger partial charge is 0.328 e. The van der Waals surface area contributed by atoms with Crippen molar-refractivity contribution in [3.8, 4) is 0 Å². The fourth-order valence-corrected chi connectivity index (χ4v) is 2.84. The Hall–Kier alpha value is -2.14. The fraction of sp³-hybridized carbons (Fsp3) is 0.125. The zero-order valence-electron chi connectivity index (χ0n) is 11.6. The average molecular weight is 345 g/mol. The van der Waals surface area contributed by atoms with Gasteiger partial charge >= 0.3 is 5.69 Å². The zero-order valence-corrected chi connectivity index (χ0v) is 13.2. The summed E-state index contributed by atoms with van der Waals surface area (Å²) in [5.74, 6) is -0.0606. The van der Waals surface area contributed by atoms with Crippen LogP contribution in [-0.4, -0.2) is 14.9 Å². The topological polar surface area (TPSA) is 44.0 Å². The van der Waals surface area contributed by atoms with Gasteiger partial charge in [-0.2, -0.15) is 0 Å². The Balaban J connectivity index is 2.15. The van der Waals surface area contributed by atoms with Crippen LogP contribution in [0.4, 0.5) is 0 Å². The van der Waals surface area contributed by atoms with Crippen LogP contribution in [0.5, 0.6) is 0 Å². The highest BCUT2D eigenvalue weighted by Gasteiger charge is 2.13. The van der Waals surface area contributed by atoms with Gasteiger partial charge in [0.25, 0.3) is 0 Å². The van der Waals surface area contributed by atoms with E-state index in [9.17, 15) is 9.59 Å². The first-order chi connectivity index (χ1) is 9.99. The van der Waals surface area contributed by atoms with Crippen LogP contribution in [0, 0.1) is 0 Å². The lowest BCUT2D eigenvalue weighted by Gasteiger charge is -2.03. The van der Waals surface area contributed by atoms with Gasteiger partial charge in [-0.1, -0.05) is 28.1 Å². The maximum atomic E-state index is 12.5. The van der Waals surface area contributed by atoms with Crippen LogP contribution < -0.4 is 5.69 Å². The van der Waals surface area contributed by atoms with Gasteiger partial charge in [-0.3, -0.25) is 13.9 Å². The maximum absolute atomic E-state index is 12.5. The number of ketones is 1. The second kappa shape index (κ2) is 5.00. The minimum atomic E-state index is -0.0999. The molecule has 3 aromatic rings. The van der Waals surface area contributed by atoms with Crippen LogP contribution in [0.15, 0.2) is 51.7 Å². The number of hydrogen-bond donors (Lipinski definition) is 0. The molecule has 0 aliphatic rings. The predicted molar refractivity (Wildman–Crippen MR) is 85.7 cm³/mol. The van der Waals surface area contributed by atoms with Gasteiger partial charge in [-0.15, -0.1) is 0 Å². The van der Waals surface area contributed by atoms with E-state index in [1.807, 2.05) is 18.2 Å². The van der Waals surface area contributed by atoms with Crippen LogP contribution in [0.3, 0.4) is 0 Å². The Kier molecular flexibility index (Phi) is 3.29. The smallest absolute Gasteiger partial charge is 0.295 e. The number of nitrogens with zero attached hydrogens (tertiary/aromatic N) is 2. The van der Waals surface area contributed by atoms with Crippen molar-refractivity contribution in [2.24, 2.45) is 14.1 Å². The summed E-state index contributed by atoms with van der Waals surface area (Å²) in [6.45, 7) is 0. The molecule has 0 bridgehead atoms. The normalized spacial score (nSPS) is 11.0. The SMILES string of the molecule is Cn1c(=O)n(C)c2cc(C(=O)c3cccc(Br)c3)ccc21. The Labute approximate surface area is 129 Å². The first-order valence-electron chi connectivity index (χ1n) is 6.45. The van der Waals surface area contributed by atoms with Gasteiger partial charge < -0.3 is 0 Å². The monoisotopic (exact) mass is 344 g/mol. The fourth-order valence-electron chi connectivity index (χ4n) is 2.44. The molecule has 0 fully saturated rings. The molecule has 0 aliphatic heterocycles. The summed E-state index contributed by atoms with van der Waals surface area (Å²) in [6, 6.07) is 12.6. The number of aromatic nitrogens is 2. The molecule has 106 valence electrons. The van der Waals surface area contributed by atoms with Crippen molar-refractivity contribution in [3.63, 3.8) is 0 Å². The van der Waals surface area contributed by atoms with E-state index in [4.69, 9.17) is 0 Å². The summed E-state index contributed by atoms with van der Waals surface area (Å²) >= 11 is 3.37. The Morgan fingerprint density at radius 3 is 2.33 bits per heavy atom. The van der Waals surface area contributed by atoms with Crippen molar-refractivity contribution < 1.29 is 4.79 Å². The average Bonchev–Trinajstić information content (AvgIpc) is 2.71. The number of halogens is 1. The molecular weight excluding hydrogens is 332 g/mol. The van der Waals surface area contributed by atoms with Crippen molar-refractivity contribution in [2.45, 2.75) is 0 Å². The third kappa shape index (κ3) is 2.23. The summed E-state index contributed by atoms with van der Waals surface area (Å²) in [5, 5.41) is 0. The van der Waals surface area contributed by atoms with E-state index in [0.29, 0.717) is 11.1 Å². The lowest BCUT2D eigenvalue weighted by Crippen LogP contribution is -2.19. The molecule has 0 spiro atoms. The number of benzene rings is 2. The number of aryl methyl sites for hydroxylation is 2. The molecule has 0 saturated carbocycles. The predicted octanol–water partition coefficient (Wildman–Crippen LogP) is 2.87. The molecule has 0 N–H and O–H groups in total. The lowest BCUT2D eigenvalue weighted by atomic mass is 10.0. The number of rotatable bonds is 2. The van der Waals surface area contributed by atoms with E-state index in [1.54, 1.807) is 47.5 Å². The van der Waals surface area contributed by atoms with Gasteiger partial charge in [0, 0.05) is 29.7 Å². The molecule has 0 aliphatic carbocycles. The van der Waals surface area contributed by atoms with E-state index in [-0.39, 0.29) is 11.5 Å². The highest BCUT2D eigenvalue weighted by Crippen LogP contribution is 2.19. The second-order valence-electron chi connectivity index (χ2n) is 4.94. The lowest BCUT2D eigenvalue weighted by molar-refractivity contribution is 0.103. The molecule has 1 heterocycles. The van der Waals surface area contributed by atoms with E-state index < -0.39 is 0 Å². The molecular formula is C16H13BrN2O2. The van der Waals surface area contributed by atoms with Gasteiger partial charge in [-0.05, 0) is 30.3 Å². The molecule has 3 rings (SSSR count). The Morgan fingerprint density at radius 1 is 0.952 bits per heavy atom. The minimum absolute atomic E-state index is 0.0606. The number of hydrogen-bond acceptors (Lipinski definition) is 2. The van der Waals surface area contributed by atoms with Crippen molar-refractivity contribution in [1.29, 1.82) is 0 Å². The molecule has 1 aromatic heterocycles. The summed E-state index contributed by atoms with van der Waals surface area (Å²) in [6.07, 6.45) is 0. The number of carbonyl (C=O) groups excluding carboxylic acids is 1. The zero-order chi connectivity index (χ0) is 15.1. The highest BCUT2D eigenvalue weighted by molar-refractivity contribution is 9.10. The van der Waals surface area contributed by atoms with Crippen LogP contribution in [0.2, 0.25) is 0 Å². The van der Waals surface area contributed by atoms with E-state index in [2.05, 4.69) is 15.9 Å². The molecule has 0 atom stereocenters. The van der Waals surface area contributed by atoms with Crippen molar-refractivity contribution >= 4 is 32.7 Å². The minimum Gasteiger partial charge on any atom is -0.295 e. The number of fused-ring (bicyclic) bond motifs is 1. The first-order valence-corrected chi connectivity index (χ1v) is 7.24. The molecule has 0 saturated heterocycles. The van der Waals surface area contributed by atoms with E-state index in [0.717, 1.165) is 15.5 Å². The van der Waals surface area contributed by atoms with Crippen molar-refractivity contribution in [1.82, 2.24) is 9.13 Å². The maximum Gasteiger partial charge on any atom is 0.328 e. The van der Waals surface area contributed by atoms with Crippen molar-refractivity contribution in [2.75, 3.05) is 0 Å². The summed E-state index contributed by atoms with van der Waals surface area (Å²) in [7, 11) is 3.43. The molecule has 0 amide bonds. The van der Waals surface area contributed by atoms with Gasteiger partial charge in [0.1, 0.15) is 0 Å².